The summed E-state index contributed by atoms with van der Waals surface area (Å²) in [7, 11) is 0. The maximum absolute atomic E-state index is 12.8. The van der Waals surface area contributed by atoms with E-state index in [0.717, 1.165) is 103 Å². The normalized spacial score (nSPS) is 12.6. The average Bonchev–Trinajstić information content (AvgIpc) is 3.33. The predicted molar refractivity (Wildman–Crippen MR) is 288 cm³/mol. The molecule has 0 heterocycles. The maximum atomic E-state index is 12.8. The van der Waals surface area contributed by atoms with Gasteiger partial charge in [-0.3, -0.25) is 14.4 Å². The summed E-state index contributed by atoms with van der Waals surface area (Å²) < 4.78 is 16.8. The molecule has 67 heavy (non-hydrogen) atoms. The van der Waals surface area contributed by atoms with Crippen LogP contribution in [0.1, 0.15) is 278 Å². The summed E-state index contributed by atoms with van der Waals surface area (Å²) in [6.45, 7) is 6.49. The van der Waals surface area contributed by atoms with Crippen LogP contribution in [0.15, 0.2) is 72.9 Å². The monoisotopic (exact) mass is 935 g/mol. The van der Waals surface area contributed by atoms with Gasteiger partial charge in [-0.25, -0.2) is 0 Å². The molecule has 6 heteroatoms. The topological polar surface area (TPSA) is 78.9 Å². The number of allylic oxidation sites excluding steroid dienone is 12. The van der Waals surface area contributed by atoms with E-state index in [-0.39, 0.29) is 31.1 Å². The fourth-order valence-corrected chi connectivity index (χ4v) is 7.93. The van der Waals surface area contributed by atoms with Gasteiger partial charge in [0.2, 0.25) is 0 Å². The average molecular weight is 936 g/mol. The van der Waals surface area contributed by atoms with E-state index in [1.807, 2.05) is 0 Å². The fraction of sp³-hybridized carbons (Fsp3) is 0.754. The van der Waals surface area contributed by atoms with Crippen LogP contribution in [0.4, 0.5) is 0 Å². The zero-order valence-electron chi connectivity index (χ0n) is 44.2. The third-order valence-electron chi connectivity index (χ3n) is 12.2. The summed E-state index contributed by atoms with van der Waals surface area (Å²) in [4.78, 5) is 38.0. The molecule has 0 spiro atoms. The number of hydrogen-bond donors (Lipinski definition) is 0. The first-order valence-electron chi connectivity index (χ1n) is 28.4. The maximum Gasteiger partial charge on any atom is 0.306 e. The van der Waals surface area contributed by atoms with Crippen molar-refractivity contribution in [1.29, 1.82) is 0 Å². The third-order valence-corrected chi connectivity index (χ3v) is 12.2. The standard InChI is InChI=1S/C61H106O6/c1-4-7-10-13-16-19-21-23-25-27-28-29-30-31-32-34-35-37-39-42-45-48-51-54-60(63)66-57-58(56-65-59(62)53-50-47-44-41-18-15-12-9-6-3)67-61(64)55-52-49-46-43-40-38-36-33-26-24-22-20-17-14-11-8-5-2/h8,11,17,20-21,23-24,26-28,36,38,58H,4-7,9-10,12-16,18-19,22,25,29-35,37,39-57H2,1-3H3/b11-8-,20-17-,23-21-,26-24-,28-27-,38-36-. The van der Waals surface area contributed by atoms with Gasteiger partial charge in [-0.05, 0) is 89.9 Å². The second-order valence-electron chi connectivity index (χ2n) is 18.8. The van der Waals surface area contributed by atoms with Gasteiger partial charge in [0.1, 0.15) is 13.2 Å². The lowest BCUT2D eigenvalue weighted by molar-refractivity contribution is -0.167. The molecule has 0 amide bonds. The Kier molecular flexibility index (Phi) is 52.8. The van der Waals surface area contributed by atoms with E-state index in [2.05, 4.69) is 93.7 Å². The smallest absolute Gasteiger partial charge is 0.306 e. The number of carbonyl (C=O) groups excluding carboxylic acids is 3. The van der Waals surface area contributed by atoms with Crippen LogP contribution >= 0.6 is 0 Å². The van der Waals surface area contributed by atoms with E-state index in [9.17, 15) is 14.4 Å². The molecule has 0 aliphatic carbocycles. The number of hydrogen-bond acceptors (Lipinski definition) is 6. The summed E-state index contributed by atoms with van der Waals surface area (Å²) in [5.74, 6) is -0.907. The van der Waals surface area contributed by atoms with E-state index in [1.54, 1.807) is 0 Å². The van der Waals surface area contributed by atoms with Gasteiger partial charge in [0.25, 0.3) is 0 Å². The van der Waals surface area contributed by atoms with Crippen molar-refractivity contribution in [3.63, 3.8) is 0 Å². The highest BCUT2D eigenvalue weighted by Gasteiger charge is 2.19. The van der Waals surface area contributed by atoms with Crippen molar-refractivity contribution in [3.8, 4) is 0 Å². The van der Waals surface area contributed by atoms with E-state index in [0.29, 0.717) is 19.3 Å². The summed E-state index contributed by atoms with van der Waals surface area (Å²) in [6, 6.07) is 0. The molecule has 0 N–H and O–H groups in total. The van der Waals surface area contributed by atoms with Crippen molar-refractivity contribution in [2.75, 3.05) is 13.2 Å². The Labute approximate surface area is 414 Å². The molecule has 0 aliphatic heterocycles. The molecule has 6 nitrogen and oxygen atoms in total. The molecule has 1 atom stereocenters. The third kappa shape index (κ3) is 53.7. The van der Waals surface area contributed by atoms with Crippen LogP contribution in [0.5, 0.6) is 0 Å². The van der Waals surface area contributed by atoms with Crippen LogP contribution in [0.25, 0.3) is 0 Å². The number of rotatable bonds is 51. The number of carbonyl (C=O) groups is 3. The van der Waals surface area contributed by atoms with Crippen molar-refractivity contribution >= 4 is 17.9 Å². The molecule has 0 radical (unpaired) electrons. The van der Waals surface area contributed by atoms with Gasteiger partial charge < -0.3 is 14.2 Å². The molecule has 0 aliphatic rings. The Balaban J connectivity index is 4.28. The molecule has 0 rings (SSSR count). The number of esters is 3. The van der Waals surface area contributed by atoms with E-state index >= 15 is 0 Å². The predicted octanol–water partition coefficient (Wildman–Crippen LogP) is 19.0. The summed E-state index contributed by atoms with van der Waals surface area (Å²) in [5, 5.41) is 0. The minimum atomic E-state index is -0.787. The molecule has 0 aromatic rings. The van der Waals surface area contributed by atoms with E-state index in [1.165, 1.54) is 135 Å². The summed E-state index contributed by atoms with van der Waals surface area (Å²) in [6.07, 6.45) is 70.4. The molecule has 0 aromatic heterocycles. The first-order chi connectivity index (χ1) is 33.0. The number of unbranched alkanes of at least 4 members (excludes halogenated alkanes) is 28. The van der Waals surface area contributed by atoms with Crippen LogP contribution in [-0.2, 0) is 28.6 Å². The molecule has 1 unspecified atom stereocenters. The molecule has 0 fully saturated rings. The Bertz CT molecular complexity index is 1260. The molecule has 0 saturated heterocycles. The van der Waals surface area contributed by atoms with Gasteiger partial charge in [0, 0.05) is 19.3 Å². The Hall–Kier alpha value is -3.15. The molecule has 0 aromatic carbocycles. The van der Waals surface area contributed by atoms with Gasteiger partial charge in [-0.15, -0.1) is 0 Å². The lowest BCUT2D eigenvalue weighted by Crippen LogP contribution is -2.30. The first-order valence-corrected chi connectivity index (χ1v) is 28.4. The van der Waals surface area contributed by atoms with Crippen molar-refractivity contribution < 1.29 is 28.6 Å². The summed E-state index contributed by atoms with van der Waals surface area (Å²) >= 11 is 0. The molecule has 386 valence electrons. The minimum Gasteiger partial charge on any atom is -0.462 e. The zero-order valence-corrected chi connectivity index (χ0v) is 44.2. The lowest BCUT2D eigenvalue weighted by Gasteiger charge is -2.18. The minimum absolute atomic E-state index is 0.0844. The quantitative estimate of drug-likeness (QED) is 0.0262. The molecular formula is C61H106O6. The van der Waals surface area contributed by atoms with Crippen LogP contribution < -0.4 is 0 Å². The molecule has 0 saturated carbocycles. The molecule has 0 bridgehead atoms. The van der Waals surface area contributed by atoms with Gasteiger partial charge in [0.15, 0.2) is 6.10 Å². The zero-order chi connectivity index (χ0) is 48.6. The highest BCUT2D eigenvalue weighted by Crippen LogP contribution is 2.15. The van der Waals surface area contributed by atoms with Crippen molar-refractivity contribution in [3.05, 3.63) is 72.9 Å². The Morgan fingerprint density at radius 2 is 0.582 bits per heavy atom. The van der Waals surface area contributed by atoms with E-state index in [4.69, 9.17) is 14.2 Å². The second kappa shape index (κ2) is 55.4. The lowest BCUT2D eigenvalue weighted by atomic mass is 10.0. The summed E-state index contributed by atoms with van der Waals surface area (Å²) in [5.41, 5.74) is 0. The van der Waals surface area contributed by atoms with Crippen LogP contribution in [0, 0.1) is 0 Å². The fourth-order valence-electron chi connectivity index (χ4n) is 7.93. The van der Waals surface area contributed by atoms with Crippen LogP contribution in [0.3, 0.4) is 0 Å². The Morgan fingerprint density at radius 1 is 0.313 bits per heavy atom. The van der Waals surface area contributed by atoms with Gasteiger partial charge in [-0.2, -0.15) is 0 Å². The van der Waals surface area contributed by atoms with E-state index < -0.39 is 6.10 Å². The molecular weight excluding hydrogens is 829 g/mol. The van der Waals surface area contributed by atoms with Gasteiger partial charge in [0.05, 0.1) is 0 Å². The first kappa shape index (κ1) is 63.8. The largest absolute Gasteiger partial charge is 0.462 e. The van der Waals surface area contributed by atoms with Crippen molar-refractivity contribution in [1.82, 2.24) is 0 Å². The van der Waals surface area contributed by atoms with Gasteiger partial charge >= 0.3 is 17.9 Å². The van der Waals surface area contributed by atoms with Crippen LogP contribution in [-0.4, -0.2) is 37.2 Å². The van der Waals surface area contributed by atoms with Crippen LogP contribution in [0.2, 0.25) is 0 Å². The second-order valence-corrected chi connectivity index (χ2v) is 18.8. The highest BCUT2D eigenvalue weighted by atomic mass is 16.6. The van der Waals surface area contributed by atoms with Crippen molar-refractivity contribution in [2.24, 2.45) is 0 Å². The van der Waals surface area contributed by atoms with Gasteiger partial charge in [-0.1, -0.05) is 241 Å². The van der Waals surface area contributed by atoms with Crippen molar-refractivity contribution in [2.45, 2.75) is 284 Å². The Morgan fingerprint density at radius 3 is 0.910 bits per heavy atom. The number of ether oxygens (including phenoxy) is 3. The highest BCUT2D eigenvalue weighted by molar-refractivity contribution is 5.71. The SMILES string of the molecule is CC/C=C\C/C=C\C/C=C\C/C=C\CCCCCCC(=O)OC(COC(=O)CCCCCCCCCCC)COC(=O)CCCCCCCCCCCCC/C=C\C/C=C\CCCCCCC.